The highest BCUT2D eigenvalue weighted by atomic mass is 32.2. The Bertz CT molecular complexity index is 240. The molecule has 0 amide bonds. The summed E-state index contributed by atoms with van der Waals surface area (Å²) in [6.45, 7) is 8.52. The van der Waals surface area contributed by atoms with Crippen LogP contribution >= 0.6 is 0 Å². The highest BCUT2D eigenvalue weighted by molar-refractivity contribution is 7.89. The second kappa shape index (κ2) is 8.07. The second-order valence-electron chi connectivity index (χ2n) is 3.51. The summed E-state index contributed by atoms with van der Waals surface area (Å²) in [7, 11) is -3.05. The Hall–Kier alpha value is -0.130. The molecule has 5 heteroatoms. The standard InChI is InChI=1S/C10H24N2O2S/c1-4-7-9-12(6-3)15(13,14)10-8-11-5-2/h11H,4-10H2,1-3H3. The summed E-state index contributed by atoms with van der Waals surface area (Å²) in [6, 6.07) is 0. The van der Waals surface area contributed by atoms with Crippen LogP contribution in [0.3, 0.4) is 0 Å². The maximum absolute atomic E-state index is 11.8. The van der Waals surface area contributed by atoms with E-state index in [0.717, 1.165) is 19.4 Å². The van der Waals surface area contributed by atoms with Crippen LogP contribution in [-0.4, -0.2) is 44.7 Å². The fraction of sp³-hybridized carbons (Fsp3) is 1.00. The zero-order chi connectivity index (χ0) is 11.7. The van der Waals surface area contributed by atoms with E-state index in [-0.39, 0.29) is 5.75 Å². The molecule has 0 spiro atoms. The SMILES string of the molecule is CCCCN(CC)S(=O)(=O)CCNCC. The van der Waals surface area contributed by atoms with Crippen molar-refractivity contribution in [3.05, 3.63) is 0 Å². The molecule has 92 valence electrons. The second-order valence-corrected chi connectivity index (χ2v) is 5.60. The third kappa shape index (κ3) is 6.12. The van der Waals surface area contributed by atoms with E-state index in [4.69, 9.17) is 0 Å². The van der Waals surface area contributed by atoms with E-state index < -0.39 is 10.0 Å². The van der Waals surface area contributed by atoms with Crippen molar-refractivity contribution in [3.63, 3.8) is 0 Å². The van der Waals surface area contributed by atoms with Crippen LogP contribution in [0.1, 0.15) is 33.6 Å². The zero-order valence-corrected chi connectivity index (χ0v) is 10.9. The van der Waals surface area contributed by atoms with Crippen LogP contribution in [-0.2, 0) is 10.0 Å². The van der Waals surface area contributed by atoms with Gasteiger partial charge in [-0.05, 0) is 13.0 Å². The van der Waals surface area contributed by atoms with Crippen molar-refractivity contribution in [3.8, 4) is 0 Å². The van der Waals surface area contributed by atoms with Crippen LogP contribution in [0.4, 0.5) is 0 Å². The average Bonchev–Trinajstić information content (AvgIpc) is 2.19. The van der Waals surface area contributed by atoms with Gasteiger partial charge in [0.25, 0.3) is 0 Å². The summed E-state index contributed by atoms with van der Waals surface area (Å²) in [6.07, 6.45) is 1.97. The molecular weight excluding hydrogens is 212 g/mol. The minimum atomic E-state index is -3.05. The predicted octanol–water partition coefficient (Wildman–Crippen LogP) is 1.05. The number of unbranched alkanes of at least 4 members (excludes halogenated alkanes) is 1. The van der Waals surface area contributed by atoms with Gasteiger partial charge in [0.05, 0.1) is 5.75 Å². The molecule has 0 unspecified atom stereocenters. The molecular formula is C10H24N2O2S. The molecule has 0 aliphatic heterocycles. The fourth-order valence-corrected chi connectivity index (χ4v) is 2.80. The molecule has 0 aromatic heterocycles. The summed E-state index contributed by atoms with van der Waals surface area (Å²) in [5, 5.41) is 3.03. The van der Waals surface area contributed by atoms with E-state index in [0.29, 0.717) is 19.6 Å². The molecule has 0 aliphatic rings. The van der Waals surface area contributed by atoms with Crippen molar-refractivity contribution < 1.29 is 8.42 Å². The predicted molar refractivity (Wildman–Crippen MR) is 64.5 cm³/mol. The third-order valence-corrected chi connectivity index (χ3v) is 4.24. The molecule has 4 nitrogen and oxygen atoms in total. The number of nitrogens with one attached hydrogen (secondary N) is 1. The van der Waals surface area contributed by atoms with E-state index in [1.165, 1.54) is 0 Å². The van der Waals surface area contributed by atoms with Gasteiger partial charge in [0.2, 0.25) is 10.0 Å². The first-order valence-corrected chi connectivity index (χ1v) is 7.37. The Morgan fingerprint density at radius 2 is 1.87 bits per heavy atom. The number of hydrogen-bond acceptors (Lipinski definition) is 3. The molecule has 0 heterocycles. The van der Waals surface area contributed by atoms with Crippen molar-refractivity contribution in [2.75, 3.05) is 31.9 Å². The molecule has 0 aromatic carbocycles. The smallest absolute Gasteiger partial charge is 0.215 e. The van der Waals surface area contributed by atoms with Gasteiger partial charge in [-0.25, -0.2) is 12.7 Å². The van der Waals surface area contributed by atoms with Crippen molar-refractivity contribution in [1.82, 2.24) is 9.62 Å². The molecule has 15 heavy (non-hydrogen) atoms. The van der Waals surface area contributed by atoms with E-state index in [1.807, 2.05) is 13.8 Å². The number of rotatable bonds is 9. The zero-order valence-electron chi connectivity index (χ0n) is 10.1. The van der Waals surface area contributed by atoms with Gasteiger partial charge in [-0.2, -0.15) is 0 Å². The molecule has 0 bridgehead atoms. The Morgan fingerprint density at radius 3 is 2.33 bits per heavy atom. The van der Waals surface area contributed by atoms with Gasteiger partial charge in [0.15, 0.2) is 0 Å². The maximum atomic E-state index is 11.8. The lowest BCUT2D eigenvalue weighted by Gasteiger charge is -2.20. The van der Waals surface area contributed by atoms with Crippen molar-refractivity contribution in [2.45, 2.75) is 33.6 Å². The van der Waals surface area contributed by atoms with Gasteiger partial charge < -0.3 is 5.32 Å². The molecule has 1 N–H and O–H groups in total. The summed E-state index contributed by atoms with van der Waals surface area (Å²) >= 11 is 0. The minimum absolute atomic E-state index is 0.207. The first kappa shape index (κ1) is 14.9. The summed E-state index contributed by atoms with van der Waals surface area (Å²) in [5.74, 6) is 0.207. The maximum Gasteiger partial charge on any atom is 0.215 e. The molecule has 0 saturated carbocycles. The van der Waals surface area contributed by atoms with Crippen LogP contribution in [0.5, 0.6) is 0 Å². The van der Waals surface area contributed by atoms with Gasteiger partial charge in [0.1, 0.15) is 0 Å². The molecule has 0 rings (SSSR count). The topological polar surface area (TPSA) is 49.4 Å². The van der Waals surface area contributed by atoms with Crippen molar-refractivity contribution in [2.24, 2.45) is 0 Å². The number of nitrogens with zero attached hydrogens (tertiary/aromatic N) is 1. The van der Waals surface area contributed by atoms with Gasteiger partial charge in [-0.15, -0.1) is 0 Å². The molecule has 0 atom stereocenters. The van der Waals surface area contributed by atoms with Crippen LogP contribution in [0.15, 0.2) is 0 Å². The molecule has 0 radical (unpaired) electrons. The number of hydrogen-bond donors (Lipinski definition) is 1. The van der Waals surface area contributed by atoms with Crippen LogP contribution in [0.25, 0.3) is 0 Å². The Kier molecular flexibility index (Phi) is 8.00. The van der Waals surface area contributed by atoms with Gasteiger partial charge >= 0.3 is 0 Å². The van der Waals surface area contributed by atoms with Crippen molar-refractivity contribution in [1.29, 1.82) is 0 Å². The van der Waals surface area contributed by atoms with E-state index >= 15 is 0 Å². The van der Waals surface area contributed by atoms with Gasteiger partial charge in [-0.3, -0.25) is 0 Å². The summed E-state index contributed by atoms with van der Waals surface area (Å²) < 4.78 is 25.2. The van der Waals surface area contributed by atoms with E-state index in [2.05, 4.69) is 12.2 Å². The minimum Gasteiger partial charge on any atom is -0.316 e. The Morgan fingerprint density at radius 1 is 1.20 bits per heavy atom. The van der Waals surface area contributed by atoms with Gasteiger partial charge in [0, 0.05) is 19.6 Å². The summed E-state index contributed by atoms with van der Waals surface area (Å²) in [5.41, 5.74) is 0. The fourth-order valence-electron chi connectivity index (χ4n) is 1.34. The Labute approximate surface area is 94.1 Å². The lowest BCUT2D eigenvalue weighted by atomic mass is 10.3. The lowest BCUT2D eigenvalue weighted by molar-refractivity contribution is 0.418. The van der Waals surface area contributed by atoms with E-state index in [9.17, 15) is 8.42 Å². The average molecular weight is 236 g/mol. The lowest BCUT2D eigenvalue weighted by Crippen LogP contribution is -2.36. The Balaban J connectivity index is 4.13. The first-order valence-electron chi connectivity index (χ1n) is 5.77. The quantitative estimate of drug-likeness (QED) is 0.609. The molecule has 0 aliphatic carbocycles. The largest absolute Gasteiger partial charge is 0.316 e. The molecule has 0 fully saturated rings. The van der Waals surface area contributed by atoms with Crippen LogP contribution in [0.2, 0.25) is 0 Å². The van der Waals surface area contributed by atoms with Crippen LogP contribution < -0.4 is 5.32 Å². The van der Waals surface area contributed by atoms with Crippen LogP contribution in [0, 0.1) is 0 Å². The van der Waals surface area contributed by atoms with Gasteiger partial charge in [-0.1, -0.05) is 27.2 Å². The monoisotopic (exact) mass is 236 g/mol. The van der Waals surface area contributed by atoms with Crippen molar-refractivity contribution >= 4 is 10.0 Å². The summed E-state index contributed by atoms with van der Waals surface area (Å²) in [4.78, 5) is 0. The molecule has 0 saturated heterocycles. The first-order chi connectivity index (χ1) is 7.08. The van der Waals surface area contributed by atoms with E-state index in [1.54, 1.807) is 4.31 Å². The normalized spacial score (nSPS) is 12.3. The molecule has 0 aromatic rings. The highest BCUT2D eigenvalue weighted by Gasteiger charge is 2.18. The highest BCUT2D eigenvalue weighted by Crippen LogP contribution is 2.03. The third-order valence-electron chi connectivity index (χ3n) is 2.29. The number of sulfonamides is 1.